The van der Waals surface area contributed by atoms with Crippen LogP contribution in [0.3, 0.4) is 0 Å². The quantitative estimate of drug-likeness (QED) is 0.790. The zero-order valence-corrected chi connectivity index (χ0v) is 13.4. The van der Waals surface area contributed by atoms with E-state index in [4.69, 9.17) is 0 Å². The summed E-state index contributed by atoms with van der Waals surface area (Å²) in [4.78, 5) is 4.12. The van der Waals surface area contributed by atoms with Crippen LogP contribution in [0.2, 0.25) is 0 Å². The van der Waals surface area contributed by atoms with E-state index in [1.807, 2.05) is 0 Å². The van der Waals surface area contributed by atoms with Crippen molar-refractivity contribution in [2.75, 3.05) is 5.32 Å². The Kier molecular flexibility index (Phi) is 6.40. The Balaban J connectivity index is 2.69. The van der Waals surface area contributed by atoms with Crippen molar-refractivity contribution in [2.45, 2.75) is 72.0 Å². The summed E-state index contributed by atoms with van der Waals surface area (Å²) in [7, 11) is 0. The van der Waals surface area contributed by atoms with Crippen LogP contribution in [0.1, 0.15) is 59.4 Å². The molecule has 0 amide bonds. The van der Waals surface area contributed by atoms with E-state index in [0.717, 1.165) is 19.3 Å². The number of hydrogen-bond acceptors (Lipinski definition) is 3. The van der Waals surface area contributed by atoms with E-state index in [2.05, 4.69) is 50.2 Å². The largest absolute Gasteiger partial charge is 0.365 e. The first-order valence-corrected chi connectivity index (χ1v) is 7.48. The lowest BCUT2D eigenvalue weighted by Crippen LogP contribution is -2.35. The standard InChI is InChI=1S/C16H28FN3/c1-6-7-8-12(2)20-15-14(17)13(9-10-18-15)11-19-16(3,4)5/h9-10,12,19H,6-8,11H2,1-5H3,(H,18,20). The highest BCUT2D eigenvalue weighted by Gasteiger charge is 2.14. The second-order valence-electron chi connectivity index (χ2n) is 6.42. The van der Waals surface area contributed by atoms with E-state index in [0.29, 0.717) is 17.9 Å². The van der Waals surface area contributed by atoms with Gasteiger partial charge in [-0.2, -0.15) is 0 Å². The molecule has 1 rings (SSSR count). The van der Waals surface area contributed by atoms with Crippen molar-refractivity contribution in [3.8, 4) is 0 Å². The van der Waals surface area contributed by atoms with Crippen LogP contribution in [0, 0.1) is 5.82 Å². The molecule has 0 aliphatic heterocycles. The predicted molar refractivity (Wildman–Crippen MR) is 83.4 cm³/mol. The third kappa shape index (κ3) is 5.87. The van der Waals surface area contributed by atoms with Gasteiger partial charge in [-0.3, -0.25) is 0 Å². The molecule has 20 heavy (non-hydrogen) atoms. The molecule has 3 nitrogen and oxygen atoms in total. The Bertz CT molecular complexity index is 413. The van der Waals surface area contributed by atoms with Crippen LogP contribution in [0.4, 0.5) is 10.2 Å². The van der Waals surface area contributed by atoms with Crippen LogP contribution in [0.15, 0.2) is 12.3 Å². The molecular formula is C16H28FN3. The molecule has 0 radical (unpaired) electrons. The highest BCUT2D eigenvalue weighted by atomic mass is 19.1. The molecule has 0 fully saturated rings. The van der Waals surface area contributed by atoms with Crippen molar-refractivity contribution in [3.05, 3.63) is 23.6 Å². The van der Waals surface area contributed by atoms with Gasteiger partial charge in [0.1, 0.15) is 0 Å². The monoisotopic (exact) mass is 281 g/mol. The fourth-order valence-electron chi connectivity index (χ4n) is 1.90. The van der Waals surface area contributed by atoms with Crippen molar-refractivity contribution < 1.29 is 4.39 Å². The molecule has 1 atom stereocenters. The van der Waals surface area contributed by atoms with Gasteiger partial charge >= 0.3 is 0 Å². The molecule has 0 saturated heterocycles. The van der Waals surface area contributed by atoms with Crippen molar-refractivity contribution in [2.24, 2.45) is 0 Å². The van der Waals surface area contributed by atoms with Gasteiger partial charge in [-0.25, -0.2) is 9.37 Å². The van der Waals surface area contributed by atoms with Crippen LogP contribution in [-0.4, -0.2) is 16.6 Å². The average molecular weight is 281 g/mol. The molecule has 1 aromatic rings. The van der Waals surface area contributed by atoms with E-state index in [1.165, 1.54) is 0 Å². The SMILES string of the molecule is CCCCC(C)Nc1nccc(CNC(C)(C)C)c1F. The number of halogens is 1. The predicted octanol–water partition coefficient (Wildman–Crippen LogP) is 4.10. The first-order valence-electron chi connectivity index (χ1n) is 7.48. The molecule has 0 spiro atoms. The maximum atomic E-state index is 14.4. The van der Waals surface area contributed by atoms with Gasteiger partial charge < -0.3 is 10.6 Å². The Labute approximate surface area is 122 Å². The zero-order chi connectivity index (χ0) is 15.2. The number of nitrogens with one attached hydrogen (secondary N) is 2. The highest BCUT2D eigenvalue weighted by molar-refractivity contribution is 5.40. The van der Waals surface area contributed by atoms with E-state index in [-0.39, 0.29) is 17.4 Å². The van der Waals surface area contributed by atoms with Crippen molar-refractivity contribution in [1.82, 2.24) is 10.3 Å². The summed E-state index contributed by atoms with van der Waals surface area (Å²) in [6, 6.07) is 1.97. The third-order valence-corrected chi connectivity index (χ3v) is 3.15. The number of anilines is 1. The molecular weight excluding hydrogens is 253 g/mol. The molecule has 1 aromatic heterocycles. The topological polar surface area (TPSA) is 37.0 Å². The summed E-state index contributed by atoms with van der Waals surface area (Å²) in [6.07, 6.45) is 4.98. The Morgan fingerprint density at radius 1 is 1.35 bits per heavy atom. The van der Waals surface area contributed by atoms with Gasteiger partial charge in [-0.05, 0) is 40.2 Å². The van der Waals surface area contributed by atoms with Crippen molar-refractivity contribution in [3.63, 3.8) is 0 Å². The maximum absolute atomic E-state index is 14.4. The van der Waals surface area contributed by atoms with E-state index >= 15 is 0 Å². The lowest BCUT2D eigenvalue weighted by molar-refractivity contribution is 0.418. The summed E-state index contributed by atoms with van der Waals surface area (Å²) in [5.41, 5.74) is 0.623. The van der Waals surface area contributed by atoms with E-state index < -0.39 is 0 Å². The number of rotatable bonds is 7. The highest BCUT2D eigenvalue weighted by Crippen LogP contribution is 2.18. The second-order valence-corrected chi connectivity index (χ2v) is 6.42. The Morgan fingerprint density at radius 3 is 2.65 bits per heavy atom. The minimum absolute atomic E-state index is 0.0300. The van der Waals surface area contributed by atoms with Crippen LogP contribution < -0.4 is 10.6 Å². The summed E-state index contributed by atoms with van der Waals surface area (Å²) in [5, 5.41) is 6.47. The van der Waals surface area contributed by atoms with Crippen molar-refractivity contribution >= 4 is 5.82 Å². The fourth-order valence-corrected chi connectivity index (χ4v) is 1.90. The summed E-state index contributed by atoms with van der Waals surface area (Å²) in [6.45, 7) is 10.9. The molecule has 0 aliphatic rings. The number of unbranched alkanes of at least 4 members (excludes halogenated alkanes) is 1. The fraction of sp³-hybridized carbons (Fsp3) is 0.688. The molecule has 2 N–H and O–H groups in total. The average Bonchev–Trinajstić information content (AvgIpc) is 2.36. The van der Waals surface area contributed by atoms with Crippen LogP contribution in [0.5, 0.6) is 0 Å². The molecule has 1 unspecified atom stereocenters. The molecule has 4 heteroatoms. The van der Waals surface area contributed by atoms with Crippen LogP contribution in [0.25, 0.3) is 0 Å². The normalized spacial score (nSPS) is 13.3. The Hall–Kier alpha value is -1.16. The molecule has 0 saturated carbocycles. The first-order chi connectivity index (χ1) is 9.33. The number of aromatic nitrogens is 1. The van der Waals surface area contributed by atoms with Crippen LogP contribution in [-0.2, 0) is 6.54 Å². The molecule has 1 heterocycles. The minimum Gasteiger partial charge on any atom is -0.365 e. The van der Waals surface area contributed by atoms with Gasteiger partial charge in [0, 0.05) is 29.9 Å². The van der Waals surface area contributed by atoms with Crippen molar-refractivity contribution in [1.29, 1.82) is 0 Å². The summed E-state index contributed by atoms with van der Waals surface area (Å²) >= 11 is 0. The smallest absolute Gasteiger partial charge is 0.169 e. The second kappa shape index (κ2) is 7.58. The van der Waals surface area contributed by atoms with Gasteiger partial charge in [-0.15, -0.1) is 0 Å². The minimum atomic E-state index is -0.243. The van der Waals surface area contributed by atoms with Gasteiger partial charge in [0.2, 0.25) is 0 Å². The van der Waals surface area contributed by atoms with Gasteiger partial charge in [0.05, 0.1) is 0 Å². The molecule has 0 aromatic carbocycles. The zero-order valence-electron chi connectivity index (χ0n) is 13.4. The maximum Gasteiger partial charge on any atom is 0.169 e. The van der Waals surface area contributed by atoms with E-state index in [9.17, 15) is 4.39 Å². The Morgan fingerprint density at radius 2 is 2.05 bits per heavy atom. The number of pyridine rings is 1. The summed E-state index contributed by atoms with van der Waals surface area (Å²) < 4.78 is 14.4. The molecule has 114 valence electrons. The van der Waals surface area contributed by atoms with Gasteiger partial charge in [0.25, 0.3) is 0 Å². The number of nitrogens with zero attached hydrogens (tertiary/aromatic N) is 1. The lowest BCUT2D eigenvalue weighted by Gasteiger charge is -2.21. The third-order valence-electron chi connectivity index (χ3n) is 3.15. The first kappa shape index (κ1) is 16.9. The van der Waals surface area contributed by atoms with E-state index in [1.54, 1.807) is 12.3 Å². The summed E-state index contributed by atoms with van der Waals surface area (Å²) in [5.74, 6) is 0.120. The van der Waals surface area contributed by atoms with Crippen LogP contribution >= 0.6 is 0 Å². The molecule has 0 bridgehead atoms. The number of hydrogen-bond donors (Lipinski definition) is 2. The van der Waals surface area contributed by atoms with Gasteiger partial charge in [-0.1, -0.05) is 19.8 Å². The molecule has 0 aliphatic carbocycles. The van der Waals surface area contributed by atoms with Gasteiger partial charge in [0.15, 0.2) is 11.6 Å². The lowest BCUT2D eigenvalue weighted by atomic mass is 10.1.